The van der Waals surface area contributed by atoms with Crippen LogP contribution in [0.15, 0.2) is 0 Å². The summed E-state index contributed by atoms with van der Waals surface area (Å²) in [6.07, 6.45) is 2.72. The van der Waals surface area contributed by atoms with Gasteiger partial charge in [-0.25, -0.2) is 0 Å². The molecule has 1 fully saturated rings. The van der Waals surface area contributed by atoms with E-state index in [0.29, 0.717) is 18.4 Å². The standard InChI is InChI=1S/C12H24N2O2/c1-10(2)13-6-3-12(15)14-9-11-4-7-16-8-5-11/h10-11,13H,3-9H2,1-2H3,(H,14,15). The van der Waals surface area contributed by atoms with Gasteiger partial charge in [0.25, 0.3) is 0 Å². The van der Waals surface area contributed by atoms with Crippen LogP contribution in [0.1, 0.15) is 33.1 Å². The van der Waals surface area contributed by atoms with E-state index in [9.17, 15) is 4.79 Å². The molecule has 4 nitrogen and oxygen atoms in total. The third-order valence-corrected chi connectivity index (χ3v) is 2.83. The molecule has 0 radical (unpaired) electrons. The number of carbonyl (C=O) groups is 1. The van der Waals surface area contributed by atoms with Gasteiger partial charge in [0.05, 0.1) is 0 Å². The molecule has 94 valence electrons. The van der Waals surface area contributed by atoms with Crippen LogP contribution in [0.5, 0.6) is 0 Å². The van der Waals surface area contributed by atoms with Crippen LogP contribution in [0.2, 0.25) is 0 Å². The highest BCUT2D eigenvalue weighted by molar-refractivity contribution is 5.76. The van der Waals surface area contributed by atoms with E-state index in [2.05, 4.69) is 24.5 Å². The van der Waals surface area contributed by atoms with Gasteiger partial charge in [0.1, 0.15) is 0 Å². The number of nitrogens with one attached hydrogen (secondary N) is 2. The Hall–Kier alpha value is -0.610. The Morgan fingerprint density at radius 3 is 2.69 bits per heavy atom. The molecule has 4 heteroatoms. The van der Waals surface area contributed by atoms with Gasteiger partial charge in [-0.2, -0.15) is 0 Å². The number of rotatable bonds is 6. The van der Waals surface area contributed by atoms with Crippen molar-refractivity contribution in [3.8, 4) is 0 Å². The van der Waals surface area contributed by atoms with Gasteiger partial charge in [-0.15, -0.1) is 0 Å². The molecular weight excluding hydrogens is 204 g/mol. The summed E-state index contributed by atoms with van der Waals surface area (Å²) in [5.41, 5.74) is 0. The Balaban J connectivity index is 2.00. The molecule has 1 aliphatic heterocycles. The summed E-state index contributed by atoms with van der Waals surface area (Å²) in [6.45, 7) is 7.42. The molecule has 0 aliphatic carbocycles. The number of hydrogen-bond acceptors (Lipinski definition) is 3. The van der Waals surface area contributed by atoms with Crippen LogP contribution in [0.3, 0.4) is 0 Å². The van der Waals surface area contributed by atoms with Gasteiger partial charge in [0, 0.05) is 38.8 Å². The summed E-state index contributed by atoms with van der Waals surface area (Å²) < 4.78 is 5.28. The minimum atomic E-state index is 0.152. The zero-order valence-corrected chi connectivity index (χ0v) is 10.4. The van der Waals surface area contributed by atoms with E-state index in [1.54, 1.807) is 0 Å². The van der Waals surface area contributed by atoms with Crippen molar-refractivity contribution in [2.45, 2.75) is 39.2 Å². The van der Waals surface area contributed by atoms with Crippen LogP contribution in [0.25, 0.3) is 0 Å². The first kappa shape index (κ1) is 13.5. The molecule has 1 heterocycles. The topological polar surface area (TPSA) is 50.4 Å². The van der Waals surface area contributed by atoms with Crippen molar-refractivity contribution in [2.75, 3.05) is 26.3 Å². The summed E-state index contributed by atoms with van der Waals surface area (Å²) in [5.74, 6) is 0.760. The maximum atomic E-state index is 11.5. The summed E-state index contributed by atoms with van der Waals surface area (Å²) in [7, 11) is 0. The maximum absolute atomic E-state index is 11.5. The van der Waals surface area contributed by atoms with Crippen molar-refractivity contribution in [2.24, 2.45) is 5.92 Å². The zero-order valence-electron chi connectivity index (χ0n) is 10.4. The van der Waals surface area contributed by atoms with Gasteiger partial charge >= 0.3 is 0 Å². The molecule has 0 unspecified atom stereocenters. The number of amides is 1. The Bertz CT molecular complexity index is 201. The van der Waals surface area contributed by atoms with Crippen LogP contribution in [0, 0.1) is 5.92 Å². The van der Waals surface area contributed by atoms with Gasteiger partial charge < -0.3 is 15.4 Å². The zero-order chi connectivity index (χ0) is 11.8. The van der Waals surface area contributed by atoms with Crippen LogP contribution in [0.4, 0.5) is 0 Å². The monoisotopic (exact) mass is 228 g/mol. The summed E-state index contributed by atoms with van der Waals surface area (Å²) in [6, 6.07) is 0.447. The van der Waals surface area contributed by atoms with Gasteiger partial charge in [0.15, 0.2) is 0 Å². The van der Waals surface area contributed by atoms with Crippen LogP contribution < -0.4 is 10.6 Å². The van der Waals surface area contributed by atoms with E-state index in [4.69, 9.17) is 4.74 Å². The predicted molar refractivity (Wildman–Crippen MR) is 64.3 cm³/mol. The molecule has 0 aromatic carbocycles. The fourth-order valence-electron chi connectivity index (χ4n) is 1.77. The smallest absolute Gasteiger partial charge is 0.221 e. The second-order valence-electron chi connectivity index (χ2n) is 4.72. The number of hydrogen-bond donors (Lipinski definition) is 2. The minimum Gasteiger partial charge on any atom is -0.381 e. The molecule has 1 amide bonds. The lowest BCUT2D eigenvalue weighted by molar-refractivity contribution is -0.121. The normalized spacial score (nSPS) is 17.7. The SMILES string of the molecule is CC(C)NCCC(=O)NCC1CCOCC1. The van der Waals surface area contributed by atoms with Crippen molar-refractivity contribution >= 4 is 5.91 Å². The molecule has 0 atom stereocenters. The highest BCUT2D eigenvalue weighted by atomic mass is 16.5. The Kier molecular flexibility index (Phi) is 6.42. The van der Waals surface area contributed by atoms with Crippen molar-refractivity contribution in [1.82, 2.24) is 10.6 Å². The first-order valence-electron chi connectivity index (χ1n) is 6.26. The van der Waals surface area contributed by atoms with Crippen molar-refractivity contribution < 1.29 is 9.53 Å². The van der Waals surface area contributed by atoms with Gasteiger partial charge in [-0.3, -0.25) is 4.79 Å². The average Bonchev–Trinajstić information content (AvgIpc) is 2.27. The Labute approximate surface area is 98.1 Å². The van der Waals surface area contributed by atoms with Crippen LogP contribution in [-0.2, 0) is 9.53 Å². The van der Waals surface area contributed by atoms with E-state index in [1.165, 1.54) is 0 Å². The number of ether oxygens (including phenoxy) is 1. The fraction of sp³-hybridized carbons (Fsp3) is 0.917. The molecule has 1 aliphatic rings. The molecule has 0 aromatic heterocycles. The van der Waals surface area contributed by atoms with Crippen molar-refractivity contribution in [1.29, 1.82) is 0 Å². The third kappa shape index (κ3) is 6.08. The molecule has 16 heavy (non-hydrogen) atoms. The lowest BCUT2D eigenvalue weighted by Crippen LogP contribution is -2.34. The first-order chi connectivity index (χ1) is 7.68. The second kappa shape index (κ2) is 7.63. The summed E-state index contributed by atoms with van der Waals surface area (Å²) in [5, 5.41) is 6.23. The first-order valence-corrected chi connectivity index (χ1v) is 6.26. The molecule has 0 saturated carbocycles. The van der Waals surface area contributed by atoms with Gasteiger partial charge in [0.2, 0.25) is 5.91 Å². The summed E-state index contributed by atoms with van der Waals surface area (Å²) in [4.78, 5) is 11.5. The van der Waals surface area contributed by atoms with Crippen LogP contribution in [-0.4, -0.2) is 38.3 Å². The molecule has 0 spiro atoms. The molecule has 1 rings (SSSR count). The Morgan fingerprint density at radius 1 is 1.38 bits per heavy atom. The molecule has 0 bridgehead atoms. The van der Waals surface area contributed by atoms with Crippen LogP contribution >= 0.6 is 0 Å². The van der Waals surface area contributed by atoms with E-state index in [0.717, 1.165) is 39.1 Å². The highest BCUT2D eigenvalue weighted by Gasteiger charge is 2.14. The van der Waals surface area contributed by atoms with E-state index >= 15 is 0 Å². The highest BCUT2D eigenvalue weighted by Crippen LogP contribution is 2.12. The van der Waals surface area contributed by atoms with Gasteiger partial charge in [-0.1, -0.05) is 13.8 Å². The molecule has 0 aromatic rings. The quantitative estimate of drug-likeness (QED) is 0.710. The second-order valence-corrected chi connectivity index (χ2v) is 4.72. The van der Waals surface area contributed by atoms with E-state index < -0.39 is 0 Å². The fourth-order valence-corrected chi connectivity index (χ4v) is 1.77. The average molecular weight is 228 g/mol. The van der Waals surface area contributed by atoms with Crippen molar-refractivity contribution in [3.63, 3.8) is 0 Å². The number of carbonyl (C=O) groups excluding carboxylic acids is 1. The van der Waals surface area contributed by atoms with E-state index in [-0.39, 0.29) is 5.91 Å². The third-order valence-electron chi connectivity index (χ3n) is 2.83. The molecular formula is C12H24N2O2. The predicted octanol–water partition coefficient (Wildman–Crippen LogP) is 0.917. The minimum absolute atomic E-state index is 0.152. The lowest BCUT2D eigenvalue weighted by Gasteiger charge is -2.22. The lowest BCUT2D eigenvalue weighted by atomic mass is 10.0. The Morgan fingerprint density at radius 2 is 2.06 bits per heavy atom. The van der Waals surface area contributed by atoms with Gasteiger partial charge in [-0.05, 0) is 18.8 Å². The van der Waals surface area contributed by atoms with Crippen molar-refractivity contribution in [3.05, 3.63) is 0 Å². The maximum Gasteiger partial charge on any atom is 0.221 e. The largest absolute Gasteiger partial charge is 0.381 e. The summed E-state index contributed by atoms with van der Waals surface area (Å²) >= 11 is 0. The molecule has 1 saturated heterocycles. The molecule has 2 N–H and O–H groups in total. The van der Waals surface area contributed by atoms with E-state index in [1.807, 2.05) is 0 Å².